The maximum Gasteiger partial charge on any atom is 0.416 e. The highest BCUT2D eigenvalue weighted by Crippen LogP contribution is 2.36. The molecule has 1 atom stereocenters. The number of anilines is 2. The fourth-order valence-electron chi connectivity index (χ4n) is 3.46. The van der Waals surface area contributed by atoms with Crippen LogP contribution in [-0.4, -0.2) is 22.0 Å². The van der Waals surface area contributed by atoms with Gasteiger partial charge in [-0.1, -0.05) is 42.5 Å². The molecule has 3 N–H and O–H groups in total. The van der Waals surface area contributed by atoms with Crippen LogP contribution in [0.1, 0.15) is 24.1 Å². The van der Waals surface area contributed by atoms with Gasteiger partial charge in [-0.25, -0.2) is 9.97 Å². The van der Waals surface area contributed by atoms with Crippen LogP contribution in [0.2, 0.25) is 0 Å². The predicted molar refractivity (Wildman–Crippen MR) is 120 cm³/mol. The Kier molecular flexibility index (Phi) is 5.85. The lowest BCUT2D eigenvalue weighted by atomic mass is 10.0. The number of benzene rings is 2. The van der Waals surface area contributed by atoms with Gasteiger partial charge in [-0.05, 0) is 36.8 Å². The normalized spacial score (nSPS) is 12.4. The molecule has 4 rings (SSSR count). The van der Waals surface area contributed by atoms with Gasteiger partial charge in [-0.2, -0.15) is 13.2 Å². The molecule has 0 saturated carbocycles. The highest BCUT2D eigenvalue weighted by Gasteiger charge is 2.31. The Morgan fingerprint density at radius 2 is 1.72 bits per heavy atom. The van der Waals surface area contributed by atoms with Gasteiger partial charge in [0.1, 0.15) is 5.82 Å². The van der Waals surface area contributed by atoms with Crippen molar-refractivity contribution in [1.29, 1.82) is 0 Å². The fourth-order valence-corrected chi connectivity index (χ4v) is 3.46. The molecule has 5 nitrogen and oxygen atoms in total. The first-order valence-electron chi connectivity index (χ1n) is 10.1. The third-order valence-electron chi connectivity index (χ3n) is 5.12. The van der Waals surface area contributed by atoms with E-state index in [-0.39, 0.29) is 6.04 Å². The number of imidazole rings is 1. The van der Waals surface area contributed by atoms with Gasteiger partial charge in [0, 0.05) is 30.4 Å². The van der Waals surface area contributed by atoms with Crippen molar-refractivity contribution in [1.82, 2.24) is 15.0 Å². The van der Waals surface area contributed by atoms with E-state index in [9.17, 15) is 13.2 Å². The molecular weight excluding hydrogens is 415 g/mol. The average Bonchev–Trinajstić information content (AvgIpc) is 3.24. The van der Waals surface area contributed by atoms with E-state index in [0.29, 0.717) is 28.7 Å². The highest BCUT2D eigenvalue weighted by molar-refractivity contribution is 5.81. The zero-order valence-electron chi connectivity index (χ0n) is 17.5. The number of nitrogens with zero attached hydrogens (tertiary/aromatic N) is 2. The number of rotatable bonds is 6. The number of pyridine rings is 1. The first-order valence-corrected chi connectivity index (χ1v) is 10.1. The van der Waals surface area contributed by atoms with Crippen molar-refractivity contribution in [3.05, 3.63) is 84.1 Å². The lowest BCUT2D eigenvalue weighted by molar-refractivity contribution is -0.137. The smallest absolute Gasteiger partial charge is 0.364 e. The maximum absolute atomic E-state index is 13.2. The Morgan fingerprint density at radius 1 is 0.938 bits per heavy atom. The molecular formula is C24H22F3N5. The van der Waals surface area contributed by atoms with Crippen molar-refractivity contribution in [3.8, 4) is 22.5 Å². The maximum atomic E-state index is 13.2. The van der Waals surface area contributed by atoms with Crippen molar-refractivity contribution < 1.29 is 13.2 Å². The number of H-pyrrole nitrogens is 1. The molecule has 0 fully saturated rings. The topological polar surface area (TPSA) is 65.6 Å². The van der Waals surface area contributed by atoms with Crippen LogP contribution in [0.5, 0.6) is 0 Å². The van der Waals surface area contributed by atoms with Crippen molar-refractivity contribution >= 4 is 11.8 Å². The summed E-state index contributed by atoms with van der Waals surface area (Å²) in [6, 6.07) is 18.8. The molecule has 2 aromatic heterocycles. The molecule has 0 aliphatic carbocycles. The summed E-state index contributed by atoms with van der Waals surface area (Å²) in [6.07, 6.45) is -2.77. The summed E-state index contributed by atoms with van der Waals surface area (Å²) in [5, 5.41) is 6.29. The summed E-state index contributed by atoms with van der Waals surface area (Å²) in [5.41, 5.74) is 2.55. The second-order valence-corrected chi connectivity index (χ2v) is 7.34. The van der Waals surface area contributed by atoms with Gasteiger partial charge in [0.25, 0.3) is 0 Å². The van der Waals surface area contributed by atoms with Crippen LogP contribution in [0.4, 0.5) is 24.9 Å². The van der Waals surface area contributed by atoms with Gasteiger partial charge >= 0.3 is 6.18 Å². The van der Waals surface area contributed by atoms with Gasteiger partial charge in [0.15, 0.2) is 0 Å². The van der Waals surface area contributed by atoms with Gasteiger partial charge in [-0.15, -0.1) is 0 Å². The Morgan fingerprint density at radius 3 is 2.44 bits per heavy atom. The summed E-state index contributed by atoms with van der Waals surface area (Å²) in [4.78, 5) is 12.0. The van der Waals surface area contributed by atoms with Gasteiger partial charge in [0.05, 0.1) is 17.0 Å². The van der Waals surface area contributed by atoms with E-state index in [2.05, 4.69) is 25.6 Å². The molecule has 2 aromatic carbocycles. The van der Waals surface area contributed by atoms with Crippen molar-refractivity contribution in [2.45, 2.75) is 19.1 Å². The van der Waals surface area contributed by atoms with Gasteiger partial charge < -0.3 is 15.6 Å². The van der Waals surface area contributed by atoms with E-state index in [0.717, 1.165) is 23.3 Å². The quantitative estimate of drug-likeness (QED) is 0.328. The Bertz CT molecular complexity index is 1200. The molecule has 0 unspecified atom stereocenters. The van der Waals surface area contributed by atoms with E-state index in [1.807, 2.05) is 43.3 Å². The molecule has 0 saturated heterocycles. The molecule has 0 amide bonds. The molecule has 0 spiro atoms. The minimum atomic E-state index is -4.43. The van der Waals surface area contributed by atoms with Crippen LogP contribution in [0.25, 0.3) is 22.5 Å². The Labute approximate surface area is 183 Å². The minimum Gasteiger partial charge on any atom is -0.364 e. The predicted octanol–water partition coefficient (Wildman–Crippen LogP) is 6.37. The van der Waals surface area contributed by atoms with Crippen molar-refractivity contribution in [3.63, 3.8) is 0 Å². The van der Waals surface area contributed by atoms with E-state index >= 15 is 0 Å². The van der Waals surface area contributed by atoms with Crippen LogP contribution >= 0.6 is 0 Å². The molecule has 4 aromatic rings. The summed E-state index contributed by atoms with van der Waals surface area (Å²) >= 11 is 0. The third-order valence-corrected chi connectivity index (χ3v) is 5.12. The zero-order chi connectivity index (χ0) is 22.7. The number of aromatic amines is 1. The van der Waals surface area contributed by atoms with E-state index < -0.39 is 11.7 Å². The Balaban J connectivity index is 1.71. The largest absolute Gasteiger partial charge is 0.416 e. The molecule has 0 aliphatic rings. The molecule has 0 radical (unpaired) electrons. The molecule has 164 valence electrons. The highest BCUT2D eigenvalue weighted by atomic mass is 19.4. The summed E-state index contributed by atoms with van der Waals surface area (Å²) in [6.45, 7) is 2.03. The fraction of sp³-hybridized carbons (Fsp3) is 0.167. The summed E-state index contributed by atoms with van der Waals surface area (Å²) < 4.78 is 39.7. The molecule has 0 aliphatic heterocycles. The number of halogens is 3. The van der Waals surface area contributed by atoms with Gasteiger partial charge in [-0.3, -0.25) is 0 Å². The second-order valence-electron chi connectivity index (χ2n) is 7.34. The summed E-state index contributed by atoms with van der Waals surface area (Å²) in [7, 11) is 1.69. The molecule has 32 heavy (non-hydrogen) atoms. The number of aromatic nitrogens is 3. The van der Waals surface area contributed by atoms with E-state index in [4.69, 9.17) is 0 Å². The first-order chi connectivity index (χ1) is 15.3. The van der Waals surface area contributed by atoms with Crippen LogP contribution in [0, 0.1) is 0 Å². The van der Waals surface area contributed by atoms with Crippen molar-refractivity contribution in [2.75, 3.05) is 17.7 Å². The number of hydrogen-bond donors (Lipinski definition) is 3. The van der Waals surface area contributed by atoms with E-state index in [1.54, 1.807) is 25.4 Å². The lowest BCUT2D eigenvalue weighted by Crippen LogP contribution is -2.07. The monoisotopic (exact) mass is 437 g/mol. The standard InChI is InChI=1S/C24H22F3N5/c1-15(16-7-4-3-5-8-16)30-20-14-18(11-12-29-20)22-21(31-23(28-2)32-22)17-9-6-10-19(13-17)24(25,26)27/h3-15H,1-2H3,(H,29,30)(H2,28,31,32)/t15-/m0/s1. The summed E-state index contributed by atoms with van der Waals surface area (Å²) in [5.74, 6) is 1.10. The lowest BCUT2D eigenvalue weighted by Gasteiger charge is -2.15. The molecule has 8 heteroatoms. The second kappa shape index (κ2) is 8.74. The number of hydrogen-bond acceptors (Lipinski definition) is 4. The number of nitrogens with one attached hydrogen (secondary N) is 3. The minimum absolute atomic E-state index is 0.0246. The van der Waals surface area contributed by atoms with Crippen LogP contribution in [0.15, 0.2) is 72.9 Å². The van der Waals surface area contributed by atoms with Crippen LogP contribution in [-0.2, 0) is 6.18 Å². The Hall–Kier alpha value is -3.81. The van der Waals surface area contributed by atoms with Crippen LogP contribution < -0.4 is 10.6 Å². The number of alkyl halides is 3. The first kappa shape index (κ1) is 21.4. The average molecular weight is 437 g/mol. The third kappa shape index (κ3) is 4.59. The molecule has 0 bridgehead atoms. The van der Waals surface area contributed by atoms with Gasteiger partial charge in [0.2, 0.25) is 5.95 Å². The SMILES string of the molecule is CNc1nc(-c2cccc(C(F)(F)F)c2)c(-c2ccnc(N[C@@H](C)c3ccccc3)c2)[nH]1. The van der Waals surface area contributed by atoms with Crippen LogP contribution in [0.3, 0.4) is 0 Å². The zero-order valence-corrected chi connectivity index (χ0v) is 17.5. The van der Waals surface area contributed by atoms with E-state index in [1.165, 1.54) is 6.07 Å². The van der Waals surface area contributed by atoms with Crippen molar-refractivity contribution in [2.24, 2.45) is 0 Å². The molecule has 2 heterocycles.